The molecule has 0 aliphatic heterocycles. The summed E-state index contributed by atoms with van der Waals surface area (Å²) in [4.78, 5) is 37.2. The first-order valence-electron chi connectivity index (χ1n) is 10.9. The van der Waals surface area contributed by atoms with Crippen LogP contribution in [-0.4, -0.2) is 27.4 Å². The third-order valence-electron chi connectivity index (χ3n) is 4.83. The number of rotatable bonds is 11. The van der Waals surface area contributed by atoms with E-state index in [1.165, 1.54) is 32.4 Å². The van der Waals surface area contributed by atoms with Gasteiger partial charge in [0.15, 0.2) is 11.6 Å². The Bertz CT molecular complexity index is 1300. The molecule has 0 fully saturated rings. The van der Waals surface area contributed by atoms with Crippen molar-refractivity contribution >= 4 is 11.6 Å². The summed E-state index contributed by atoms with van der Waals surface area (Å²) in [6.45, 7) is 11.0. The van der Waals surface area contributed by atoms with E-state index < -0.39 is 28.7 Å². The summed E-state index contributed by atoms with van der Waals surface area (Å²) in [5, 5.41) is 6.17. The van der Waals surface area contributed by atoms with Crippen LogP contribution in [0, 0.1) is 5.82 Å². The second-order valence-electron chi connectivity index (χ2n) is 7.33. The lowest BCUT2D eigenvalue weighted by atomic mass is 10.1. The van der Waals surface area contributed by atoms with Crippen LogP contribution in [0.3, 0.4) is 0 Å². The van der Waals surface area contributed by atoms with E-state index in [1.807, 2.05) is 19.9 Å². The van der Waals surface area contributed by atoms with E-state index in [0.29, 0.717) is 24.4 Å². The van der Waals surface area contributed by atoms with Crippen LogP contribution in [0.1, 0.15) is 37.2 Å². The highest BCUT2D eigenvalue weighted by Gasteiger charge is 2.19. The molecule has 1 N–H and O–H groups in total. The fourth-order valence-electron chi connectivity index (χ4n) is 3.05. The molecule has 0 atom stereocenters. The van der Waals surface area contributed by atoms with Gasteiger partial charge < -0.3 is 14.8 Å². The van der Waals surface area contributed by atoms with E-state index in [-0.39, 0.29) is 18.0 Å². The van der Waals surface area contributed by atoms with Gasteiger partial charge in [0.25, 0.3) is 11.5 Å². The number of hydrogen-bond donors (Lipinski definition) is 1. The number of nitrogens with one attached hydrogen (secondary N) is 1. The fraction of sp³-hybridized carbons (Fsp3) is 0.280. The summed E-state index contributed by atoms with van der Waals surface area (Å²) < 4.78 is 27.5. The lowest BCUT2D eigenvalue weighted by molar-refractivity contribution is 0.101. The van der Waals surface area contributed by atoms with Crippen LogP contribution in [0.5, 0.6) is 5.75 Å². The Kier molecular flexibility index (Phi) is 9.51. The molecule has 2 rings (SSSR count). The number of ether oxygens (including phenoxy) is 2. The van der Waals surface area contributed by atoms with Gasteiger partial charge in [0.2, 0.25) is 5.69 Å². The zero-order chi connectivity index (χ0) is 26.1. The van der Waals surface area contributed by atoms with Crippen molar-refractivity contribution in [3.63, 3.8) is 0 Å². The highest BCUT2D eigenvalue weighted by Crippen LogP contribution is 2.27. The second-order valence-corrected chi connectivity index (χ2v) is 7.33. The van der Waals surface area contributed by atoms with Crippen LogP contribution in [0.2, 0.25) is 0 Å². The van der Waals surface area contributed by atoms with Gasteiger partial charge in [-0.1, -0.05) is 26.5 Å². The summed E-state index contributed by atoms with van der Waals surface area (Å²) in [6, 6.07) is 3.84. The number of methoxy groups -OCH3 is 1. The van der Waals surface area contributed by atoms with Crippen molar-refractivity contribution in [2.45, 2.75) is 33.2 Å². The molecule has 2 aromatic rings. The molecule has 1 heterocycles. The number of hydrogen-bond acceptors (Lipinski definition) is 6. The Morgan fingerprint density at radius 1 is 1.29 bits per heavy atom. The SMILES string of the molecule is C=CCn1c(=O)c(C(=O)Nc2ccc(OC(=CCC)C(=CC(=C)OC)CC)c(F)c2)nn(C)c1=O. The summed E-state index contributed by atoms with van der Waals surface area (Å²) in [5.74, 6) is -0.787. The van der Waals surface area contributed by atoms with Crippen molar-refractivity contribution in [2.24, 2.45) is 7.05 Å². The number of halogens is 1. The van der Waals surface area contributed by atoms with Crippen molar-refractivity contribution in [2.75, 3.05) is 12.4 Å². The van der Waals surface area contributed by atoms with E-state index in [2.05, 4.69) is 23.6 Å². The smallest absolute Gasteiger partial charge is 0.347 e. The van der Waals surface area contributed by atoms with E-state index in [4.69, 9.17) is 9.47 Å². The molecule has 0 spiro atoms. The largest absolute Gasteiger partial charge is 0.497 e. The first kappa shape index (κ1) is 27.0. The lowest BCUT2D eigenvalue weighted by Crippen LogP contribution is -2.44. The monoisotopic (exact) mass is 484 g/mol. The second kappa shape index (κ2) is 12.3. The molecular formula is C25H29FN4O5. The van der Waals surface area contributed by atoms with E-state index in [1.54, 1.807) is 6.08 Å². The van der Waals surface area contributed by atoms with Crippen LogP contribution in [0.4, 0.5) is 10.1 Å². The number of benzene rings is 1. The predicted octanol–water partition coefficient (Wildman–Crippen LogP) is 3.69. The number of aromatic nitrogens is 3. The number of carbonyl (C=O) groups is 1. The van der Waals surface area contributed by atoms with Gasteiger partial charge in [0.1, 0.15) is 11.5 Å². The van der Waals surface area contributed by atoms with Crippen LogP contribution in [0.25, 0.3) is 0 Å². The Hall–Kier alpha value is -4.21. The summed E-state index contributed by atoms with van der Waals surface area (Å²) in [7, 11) is 2.81. The Morgan fingerprint density at radius 2 is 2.00 bits per heavy atom. The van der Waals surface area contributed by atoms with Crippen molar-refractivity contribution in [1.29, 1.82) is 0 Å². The molecule has 0 saturated carbocycles. The van der Waals surface area contributed by atoms with Gasteiger partial charge in [-0.25, -0.2) is 13.9 Å². The maximum Gasteiger partial charge on any atom is 0.347 e. The molecule has 0 saturated heterocycles. The van der Waals surface area contributed by atoms with Crippen molar-refractivity contribution in [3.05, 3.63) is 99.0 Å². The third-order valence-corrected chi connectivity index (χ3v) is 4.83. The lowest BCUT2D eigenvalue weighted by Gasteiger charge is -2.15. The molecule has 1 aromatic carbocycles. The molecule has 0 aliphatic carbocycles. The third kappa shape index (κ3) is 6.66. The molecular weight excluding hydrogens is 455 g/mol. The number of anilines is 1. The van der Waals surface area contributed by atoms with Crippen molar-refractivity contribution in [1.82, 2.24) is 14.3 Å². The molecule has 0 bridgehead atoms. The highest BCUT2D eigenvalue weighted by molar-refractivity contribution is 6.02. The van der Waals surface area contributed by atoms with Crippen molar-refractivity contribution < 1.29 is 18.7 Å². The van der Waals surface area contributed by atoms with Gasteiger partial charge in [-0.15, -0.1) is 6.58 Å². The number of carbonyl (C=O) groups excluding carboxylic acids is 1. The Balaban J connectivity index is 2.32. The number of allylic oxidation sites excluding steroid dienone is 4. The minimum absolute atomic E-state index is 0.0568. The number of nitrogens with zero attached hydrogens (tertiary/aromatic N) is 3. The first-order valence-corrected chi connectivity index (χ1v) is 10.9. The molecule has 9 nitrogen and oxygen atoms in total. The Labute approximate surface area is 202 Å². The van der Waals surface area contributed by atoms with E-state index in [0.717, 1.165) is 20.9 Å². The summed E-state index contributed by atoms with van der Waals surface area (Å²) >= 11 is 0. The minimum atomic E-state index is -0.891. The average molecular weight is 485 g/mol. The standard InChI is InChI=1S/C25H29FN4O5/c1-7-10-20(17(9-3)14-16(4)34-6)35-21-12-11-18(15-19(21)26)27-23(31)22-24(32)30(13-8-2)25(33)29(5)28-22/h8,10-12,14-15H,2,4,7,9,13H2,1,3,5-6H3,(H,27,31). The minimum Gasteiger partial charge on any atom is -0.497 e. The Morgan fingerprint density at radius 3 is 2.57 bits per heavy atom. The molecule has 35 heavy (non-hydrogen) atoms. The first-order chi connectivity index (χ1) is 16.7. The maximum atomic E-state index is 14.9. The molecule has 0 unspecified atom stereocenters. The topological polar surface area (TPSA) is 104 Å². The molecule has 186 valence electrons. The summed E-state index contributed by atoms with van der Waals surface area (Å²) in [6.07, 6.45) is 6.13. The molecule has 1 amide bonds. The van der Waals surface area contributed by atoms with Crippen molar-refractivity contribution in [3.8, 4) is 5.75 Å². The molecule has 10 heteroatoms. The predicted molar refractivity (Wildman–Crippen MR) is 132 cm³/mol. The van der Waals surface area contributed by atoms with Gasteiger partial charge >= 0.3 is 5.69 Å². The van der Waals surface area contributed by atoms with Gasteiger partial charge in [-0.05, 0) is 42.7 Å². The molecule has 0 radical (unpaired) electrons. The molecule has 0 aliphatic rings. The normalized spacial score (nSPS) is 11.7. The van der Waals surface area contributed by atoms with E-state index in [9.17, 15) is 18.8 Å². The quantitative estimate of drug-likeness (QED) is 0.296. The van der Waals surface area contributed by atoms with Gasteiger partial charge in [-0.2, -0.15) is 5.10 Å². The number of amides is 1. The van der Waals surface area contributed by atoms with Gasteiger partial charge in [-0.3, -0.25) is 14.2 Å². The van der Waals surface area contributed by atoms with E-state index >= 15 is 0 Å². The highest BCUT2D eigenvalue weighted by atomic mass is 19.1. The van der Waals surface area contributed by atoms with Crippen LogP contribution >= 0.6 is 0 Å². The van der Waals surface area contributed by atoms with Crippen LogP contribution < -0.4 is 21.3 Å². The molecule has 1 aromatic heterocycles. The van der Waals surface area contributed by atoms with Crippen LogP contribution in [0.15, 0.2) is 76.3 Å². The van der Waals surface area contributed by atoms with Gasteiger partial charge in [0.05, 0.1) is 7.11 Å². The average Bonchev–Trinajstić information content (AvgIpc) is 2.83. The zero-order valence-corrected chi connectivity index (χ0v) is 20.3. The summed E-state index contributed by atoms with van der Waals surface area (Å²) in [5.41, 5.74) is -1.24. The van der Waals surface area contributed by atoms with Gasteiger partial charge in [0, 0.05) is 25.3 Å². The number of aryl methyl sites for hydroxylation is 1. The van der Waals surface area contributed by atoms with Crippen LogP contribution in [-0.2, 0) is 18.3 Å². The maximum absolute atomic E-state index is 14.9. The zero-order valence-electron chi connectivity index (χ0n) is 20.3. The fourth-order valence-corrected chi connectivity index (χ4v) is 3.05.